The first-order valence-corrected chi connectivity index (χ1v) is 6.99. The van der Waals surface area contributed by atoms with Crippen LogP contribution in [0.5, 0.6) is 0 Å². The van der Waals surface area contributed by atoms with E-state index >= 15 is 0 Å². The van der Waals surface area contributed by atoms with Crippen molar-refractivity contribution in [2.24, 2.45) is 5.92 Å². The fourth-order valence-electron chi connectivity index (χ4n) is 1.95. The summed E-state index contributed by atoms with van der Waals surface area (Å²) in [5.74, 6) is 0.281. The van der Waals surface area contributed by atoms with Crippen molar-refractivity contribution >= 4 is 26.2 Å². The van der Waals surface area contributed by atoms with Crippen LogP contribution >= 0.6 is 0 Å². The molecule has 0 aliphatic carbocycles. The van der Waals surface area contributed by atoms with Gasteiger partial charge in [0, 0.05) is 0 Å². The van der Waals surface area contributed by atoms with Gasteiger partial charge in [-0.25, -0.2) is 0 Å². The Morgan fingerprint density at radius 3 is 2.82 bits per heavy atom. The van der Waals surface area contributed by atoms with Crippen LogP contribution in [-0.2, 0) is 9.53 Å². The Bertz CT molecular complexity index is 293. The number of carbonyl (C=O) groups is 1. The normalized spacial score (nSPS) is 21.8. The summed E-state index contributed by atoms with van der Waals surface area (Å²) < 4.78 is 5.93. The standard InChI is InChI=1S/C12H21NO3Se/c1-4-5-9(14)6-11(15)13-10(8(2)3)7-16-12(13)17/h8-10,14H,4-7H2,1-3H3/t9-,10+/m0/s1. The van der Waals surface area contributed by atoms with Crippen LogP contribution in [0.3, 0.4) is 0 Å². The number of hydrogen-bond donors (Lipinski definition) is 1. The van der Waals surface area contributed by atoms with Gasteiger partial charge in [-0.2, -0.15) is 0 Å². The second-order valence-corrected chi connectivity index (χ2v) is 5.53. The quantitative estimate of drug-likeness (QED) is 0.760. The van der Waals surface area contributed by atoms with Crippen molar-refractivity contribution in [1.82, 2.24) is 4.90 Å². The maximum absolute atomic E-state index is 12.1. The van der Waals surface area contributed by atoms with Gasteiger partial charge < -0.3 is 0 Å². The van der Waals surface area contributed by atoms with Gasteiger partial charge in [0.05, 0.1) is 0 Å². The van der Waals surface area contributed by atoms with Crippen LogP contribution in [-0.4, -0.2) is 55.0 Å². The van der Waals surface area contributed by atoms with Gasteiger partial charge in [-0.1, -0.05) is 0 Å². The Morgan fingerprint density at radius 1 is 1.65 bits per heavy atom. The SMILES string of the molecule is CCC[C@H](O)CC(=O)N1C(=[Se])OC[C@@H]1C(C)C. The summed E-state index contributed by atoms with van der Waals surface area (Å²) in [6.45, 7) is 6.66. The molecule has 4 nitrogen and oxygen atoms in total. The van der Waals surface area contributed by atoms with Crippen LogP contribution in [0.15, 0.2) is 0 Å². The van der Waals surface area contributed by atoms with E-state index in [1.807, 2.05) is 6.92 Å². The molecule has 98 valence electrons. The minimum absolute atomic E-state index is 0.0594. The van der Waals surface area contributed by atoms with Crippen molar-refractivity contribution in [3.8, 4) is 0 Å². The summed E-state index contributed by atoms with van der Waals surface area (Å²) in [7, 11) is 0. The zero-order valence-corrected chi connectivity index (χ0v) is 12.4. The topological polar surface area (TPSA) is 49.8 Å². The van der Waals surface area contributed by atoms with Crippen molar-refractivity contribution in [2.45, 2.75) is 52.2 Å². The van der Waals surface area contributed by atoms with Gasteiger partial charge in [0.15, 0.2) is 0 Å². The molecule has 1 aliphatic heterocycles. The van der Waals surface area contributed by atoms with Crippen molar-refractivity contribution < 1.29 is 14.6 Å². The molecule has 0 radical (unpaired) electrons. The van der Waals surface area contributed by atoms with E-state index in [1.54, 1.807) is 4.90 Å². The summed E-state index contributed by atoms with van der Waals surface area (Å²) >= 11 is 2.78. The predicted molar refractivity (Wildman–Crippen MR) is 67.7 cm³/mol. The van der Waals surface area contributed by atoms with Crippen molar-refractivity contribution in [1.29, 1.82) is 0 Å². The molecule has 0 aromatic rings. The molecule has 0 aromatic carbocycles. The molecule has 1 aliphatic rings. The van der Waals surface area contributed by atoms with E-state index in [1.165, 1.54) is 0 Å². The molecule has 1 fully saturated rings. The first kappa shape index (κ1) is 14.7. The Balaban J connectivity index is 2.62. The summed E-state index contributed by atoms with van der Waals surface area (Å²) in [6, 6.07) is 0.0765. The molecule has 0 spiro atoms. The molecule has 0 bridgehead atoms. The Kier molecular flexibility index (Phi) is 5.63. The molecule has 1 rings (SSSR count). The number of ether oxygens (including phenoxy) is 1. The molecule has 5 heteroatoms. The fourth-order valence-corrected chi connectivity index (χ4v) is 2.59. The van der Waals surface area contributed by atoms with Crippen molar-refractivity contribution in [2.75, 3.05) is 6.61 Å². The average Bonchev–Trinajstić information content (AvgIpc) is 2.60. The third kappa shape index (κ3) is 3.80. The van der Waals surface area contributed by atoms with Crippen LogP contribution in [0.1, 0.15) is 40.0 Å². The molecule has 0 saturated carbocycles. The molecule has 0 aromatic heterocycles. The van der Waals surface area contributed by atoms with Gasteiger partial charge in [-0.3, -0.25) is 0 Å². The number of hydrogen-bond acceptors (Lipinski definition) is 3. The van der Waals surface area contributed by atoms with Gasteiger partial charge in [0.2, 0.25) is 0 Å². The van der Waals surface area contributed by atoms with Crippen molar-refractivity contribution in [3.05, 3.63) is 0 Å². The number of nitrogens with zero attached hydrogens (tertiary/aromatic N) is 1. The second kappa shape index (κ2) is 6.52. The van der Waals surface area contributed by atoms with E-state index in [-0.39, 0.29) is 18.4 Å². The molecule has 2 atom stereocenters. The predicted octanol–water partition coefficient (Wildman–Crippen LogP) is 0.677. The van der Waals surface area contributed by atoms with E-state index in [0.29, 0.717) is 23.7 Å². The van der Waals surface area contributed by atoms with E-state index in [4.69, 9.17) is 4.74 Å². The molecule has 0 unspecified atom stereocenters. The van der Waals surface area contributed by atoms with Gasteiger partial charge in [0.1, 0.15) is 0 Å². The first-order chi connectivity index (χ1) is 7.97. The van der Waals surface area contributed by atoms with Gasteiger partial charge in [-0.05, 0) is 0 Å². The third-order valence-electron chi connectivity index (χ3n) is 2.98. The van der Waals surface area contributed by atoms with Crippen LogP contribution in [0, 0.1) is 5.92 Å². The monoisotopic (exact) mass is 307 g/mol. The molecule has 1 saturated heterocycles. The molecule has 1 amide bonds. The van der Waals surface area contributed by atoms with Crippen LogP contribution < -0.4 is 0 Å². The minimum atomic E-state index is -0.547. The summed E-state index contributed by atoms with van der Waals surface area (Å²) in [6.07, 6.45) is 1.17. The van der Waals surface area contributed by atoms with Gasteiger partial charge >= 0.3 is 110 Å². The molecule has 17 heavy (non-hydrogen) atoms. The van der Waals surface area contributed by atoms with E-state index in [2.05, 4.69) is 29.4 Å². The number of amides is 1. The van der Waals surface area contributed by atoms with Gasteiger partial charge in [0.25, 0.3) is 0 Å². The molecule has 1 heterocycles. The van der Waals surface area contributed by atoms with Crippen LogP contribution in [0.4, 0.5) is 0 Å². The number of aliphatic hydroxyl groups excluding tert-OH is 1. The Morgan fingerprint density at radius 2 is 2.29 bits per heavy atom. The molecular formula is C12H21NO3Se. The first-order valence-electron chi connectivity index (χ1n) is 6.14. The van der Waals surface area contributed by atoms with E-state index in [0.717, 1.165) is 6.42 Å². The Labute approximate surface area is 111 Å². The summed E-state index contributed by atoms with van der Waals surface area (Å²) in [4.78, 5) is 13.8. The van der Waals surface area contributed by atoms with E-state index < -0.39 is 6.10 Å². The average molecular weight is 306 g/mol. The zero-order valence-electron chi connectivity index (χ0n) is 10.7. The van der Waals surface area contributed by atoms with Gasteiger partial charge in [-0.15, -0.1) is 0 Å². The van der Waals surface area contributed by atoms with Crippen molar-refractivity contribution in [3.63, 3.8) is 0 Å². The summed E-state index contributed by atoms with van der Waals surface area (Å²) in [5, 5.41) is 9.68. The number of carbonyl (C=O) groups excluding carboxylic acids is 1. The van der Waals surface area contributed by atoms with E-state index in [9.17, 15) is 9.90 Å². The fraction of sp³-hybridized carbons (Fsp3) is 0.833. The van der Waals surface area contributed by atoms with Crippen LogP contribution in [0.2, 0.25) is 0 Å². The number of rotatable bonds is 5. The Hall–Kier alpha value is -0.381. The zero-order chi connectivity index (χ0) is 13.0. The molecular weight excluding hydrogens is 285 g/mol. The second-order valence-electron chi connectivity index (χ2n) is 4.80. The van der Waals surface area contributed by atoms with Crippen LogP contribution in [0.25, 0.3) is 0 Å². The third-order valence-corrected chi connectivity index (χ3v) is 3.64. The number of aliphatic hydroxyl groups is 1. The molecule has 1 N–H and O–H groups in total. The summed E-state index contributed by atoms with van der Waals surface area (Å²) in [5.41, 5.74) is 0. The maximum atomic E-state index is 12.1.